The van der Waals surface area contributed by atoms with E-state index in [-0.39, 0.29) is 48.2 Å². The highest BCUT2D eigenvalue weighted by molar-refractivity contribution is 6.07. The molecule has 1 saturated carbocycles. The fourth-order valence-electron chi connectivity index (χ4n) is 10.7. The zero-order valence-electron chi connectivity index (χ0n) is 40.7. The molecule has 4 N–H and O–H groups in total. The molecular weight excluding hydrogens is 897 g/mol. The third-order valence-corrected chi connectivity index (χ3v) is 14.5. The number of hydrogen-bond donors (Lipinski definition) is 4. The van der Waals surface area contributed by atoms with Gasteiger partial charge in [-0.2, -0.15) is 0 Å². The highest BCUT2D eigenvalue weighted by Crippen LogP contribution is 2.53. The van der Waals surface area contributed by atoms with Crippen molar-refractivity contribution in [3.05, 3.63) is 133 Å². The Bertz CT molecular complexity index is 3220. The summed E-state index contributed by atoms with van der Waals surface area (Å²) in [6.07, 6.45) is 5.56. The van der Waals surface area contributed by atoms with Crippen molar-refractivity contribution < 1.29 is 33.4 Å². The summed E-state index contributed by atoms with van der Waals surface area (Å²) in [5.41, 5.74) is 7.12. The summed E-state index contributed by atoms with van der Waals surface area (Å²) in [5.74, 6) is 1.32. The number of alkyl carbamates (subject to hydrolysis) is 2. The number of methoxy groups -OCH3 is 2. The van der Waals surface area contributed by atoms with Crippen LogP contribution >= 0.6 is 0 Å². The molecule has 3 heterocycles. The van der Waals surface area contributed by atoms with Gasteiger partial charge in [0.05, 0.1) is 68.1 Å². The van der Waals surface area contributed by atoms with Gasteiger partial charge in [0, 0.05) is 23.2 Å². The maximum atomic E-state index is 14.6. The van der Waals surface area contributed by atoms with Crippen LogP contribution in [0, 0.1) is 23.7 Å². The number of carbonyl (C=O) groups is 4. The second kappa shape index (κ2) is 19.7. The van der Waals surface area contributed by atoms with Gasteiger partial charge < -0.3 is 44.6 Å². The number of benzene rings is 5. The van der Waals surface area contributed by atoms with Gasteiger partial charge in [-0.25, -0.2) is 19.6 Å². The van der Waals surface area contributed by atoms with Crippen LogP contribution in [0.15, 0.2) is 115 Å². The molecule has 2 bridgehead atoms. The molecule has 2 aromatic heterocycles. The smallest absolute Gasteiger partial charge is 0.407 e. The number of ether oxygens (including phenoxy) is 3. The number of likely N-dealkylation sites (tertiary alicyclic amines) is 1. The van der Waals surface area contributed by atoms with E-state index in [4.69, 9.17) is 24.2 Å². The monoisotopic (exact) mass is 956 g/mol. The van der Waals surface area contributed by atoms with Crippen LogP contribution in [0.25, 0.3) is 54.7 Å². The van der Waals surface area contributed by atoms with Crippen LogP contribution in [0.1, 0.15) is 69.3 Å². The molecule has 1 aliphatic heterocycles. The number of aromatic nitrogens is 4. The molecule has 0 spiro atoms. The van der Waals surface area contributed by atoms with Crippen LogP contribution in [0.2, 0.25) is 0 Å². The van der Waals surface area contributed by atoms with Crippen molar-refractivity contribution in [3.8, 4) is 11.1 Å². The van der Waals surface area contributed by atoms with Gasteiger partial charge in [0.1, 0.15) is 23.7 Å². The number of carbonyl (C=O) groups excluding carboxylic acids is 4. The van der Waals surface area contributed by atoms with E-state index in [2.05, 4.69) is 94.8 Å². The Hall–Kier alpha value is -7.52. The van der Waals surface area contributed by atoms with Crippen LogP contribution in [0.5, 0.6) is 0 Å². The second-order valence-electron chi connectivity index (χ2n) is 19.8. The third kappa shape index (κ3) is 9.33. The SMILES string of the molecule is C=C1C[C@@H]2C[C@H]1N(C(=O)[C@H](NC(=O)OC)c1ccccc1)[C@@H]2c1nc2c(ccc3cc(-c4ccc5c(ccc6[nH]c(CN(C[C@H](C)COCC7C=CC7)C(=O)[C@@H](NC(=O)OC)C(C)C)nc65)c4)ccc32)[nH]1. The number of fused-ring (bicyclic) bond motifs is 8. The third-order valence-electron chi connectivity index (χ3n) is 14.5. The predicted octanol–water partition coefficient (Wildman–Crippen LogP) is 9.67. The summed E-state index contributed by atoms with van der Waals surface area (Å²) in [6, 6.07) is 28.0. The lowest BCUT2D eigenvalue weighted by atomic mass is 9.94. The van der Waals surface area contributed by atoms with Crippen molar-refractivity contribution in [2.24, 2.45) is 23.7 Å². The van der Waals surface area contributed by atoms with E-state index in [1.165, 1.54) is 14.2 Å². The first-order valence-electron chi connectivity index (χ1n) is 24.5. The predicted molar refractivity (Wildman–Crippen MR) is 273 cm³/mol. The molecule has 7 atom stereocenters. The molecule has 4 amide bonds. The van der Waals surface area contributed by atoms with Crippen molar-refractivity contribution in [2.45, 2.75) is 70.7 Å². The van der Waals surface area contributed by atoms with Crippen LogP contribution < -0.4 is 10.6 Å². The fraction of sp³-hybridized carbons (Fsp3) is 0.357. The van der Waals surface area contributed by atoms with Crippen molar-refractivity contribution in [1.29, 1.82) is 0 Å². The van der Waals surface area contributed by atoms with Gasteiger partial charge in [0.2, 0.25) is 5.91 Å². The molecule has 3 aliphatic rings. The average Bonchev–Trinajstić information content (AvgIpc) is 4.17. The zero-order valence-corrected chi connectivity index (χ0v) is 40.7. The van der Waals surface area contributed by atoms with Crippen molar-refractivity contribution in [2.75, 3.05) is 34.0 Å². The molecule has 7 aromatic rings. The van der Waals surface area contributed by atoms with E-state index in [0.717, 1.165) is 79.6 Å². The first kappa shape index (κ1) is 47.2. The Kier molecular flexibility index (Phi) is 13.1. The normalized spacial score (nSPS) is 19.6. The molecule has 0 radical (unpaired) electrons. The second-order valence-corrected chi connectivity index (χ2v) is 19.8. The maximum absolute atomic E-state index is 14.6. The van der Waals surface area contributed by atoms with E-state index in [1.54, 1.807) is 4.90 Å². The largest absolute Gasteiger partial charge is 0.453 e. The lowest BCUT2D eigenvalue weighted by Crippen LogP contribution is -2.52. The lowest BCUT2D eigenvalue weighted by molar-refractivity contribution is -0.137. The van der Waals surface area contributed by atoms with Crippen molar-refractivity contribution in [1.82, 2.24) is 40.4 Å². The number of rotatable bonds is 16. The molecule has 15 heteroatoms. The van der Waals surface area contributed by atoms with Gasteiger partial charge in [-0.3, -0.25) is 9.59 Å². The van der Waals surface area contributed by atoms with Gasteiger partial charge in [-0.1, -0.05) is 112 Å². The molecular formula is C56H60N8O7. The molecule has 366 valence electrons. The number of nitrogens with zero attached hydrogens (tertiary/aromatic N) is 4. The van der Waals surface area contributed by atoms with Gasteiger partial charge in [-0.05, 0) is 88.7 Å². The van der Waals surface area contributed by atoms with E-state index in [0.29, 0.717) is 42.9 Å². The molecule has 10 rings (SSSR count). The summed E-state index contributed by atoms with van der Waals surface area (Å²) < 4.78 is 15.8. The van der Waals surface area contributed by atoms with Crippen molar-refractivity contribution >= 4 is 67.6 Å². The molecule has 5 aromatic carbocycles. The minimum Gasteiger partial charge on any atom is -0.453 e. The highest BCUT2D eigenvalue weighted by atomic mass is 16.5. The summed E-state index contributed by atoms with van der Waals surface area (Å²) in [5, 5.41) is 9.54. The molecule has 71 heavy (non-hydrogen) atoms. The van der Waals surface area contributed by atoms with E-state index < -0.39 is 24.3 Å². The number of allylic oxidation sites excluding steroid dienone is 1. The van der Waals surface area contributed by atoms with Gasteiger partial charge >= 0.3 is 12.2 Å². The number of imidazole rings is 2. The van der Waals surface area contributed by atoms with Gasteiger partial charge in [0.15, 0.2) is 0 Å². The fourth-order valence-corrected chi connectivity index (χ4v) is 10.7. The standard InChI is InChI=1S/C56H60N8O7/c1-31(2)47(61-55(67)69-5)53(65)63(27-32(3)29-71-30-34-11-10-12-34)28-46-57-43-21-17-38-24-36(15-19-41(38)49(43)59-46)37-16-20-42-39(25-37)18-22-44-50(42)60-52(58-44)51-40-23-33(4)45(26-40)64(51)54(66)48(62-56(68)70-6)35-13-8-7-9-14-35/h7-11,13-22,24-25,31-32,34,40,45,47-48,51H,4,12,23,26-30H2,1-3,5-6H3,(H,57,59)(H,58,60)(H,61,67)(H,62,68)/t32-,34?,40+,45+,47-,48+,51-/m0/s1. The highest BCUT2D eigenvalue weighted by Gasteiger charge is 2.53. The number of aromatic amines is 2. The number of H-pyrrole nitrogens is 2. The minimum absolute atomic E-state index is 0.0322. The Morgan fingerprint density at radius 3 is 2.11 bits per heavy atom. The number of piperidine rings is 1. The summed E-state index contributed by atoms with van der Waals surface area (Å²) in [6.45, 7) is 12.0. The Balaban J connectivity index is 0.905. The average molecular weight is 957 g/mol. The summed E-state index contributed by atoms with van der Waals surface area (Å²) in [4.78, 5) is 74.7. The first-order chi connectivity index (χ1) is 34.4. The lowest BCUT2D eigenvalue weighted by Gasteiger charge is -2.37. The Morgan fingerprint density at radius 1 is 0.831 bits per heavy atom. The summed E-state index contributed by atoms with van der Waals surface area (Å²) in [7, 11) is 2.58. The quantitative estimate of drug-likeness (QED) is 0.0685. The number of nitrogens with one attached hydrogen (secondary N) is 4. The van der Waals surface area contributed by atoms with Crippen LogP contribution in [-0.4, -0.2) is 99.8 Å². The number of hydrogen-bond acceptors (Lipinski definition) is 9. The molecule has 1 unspecified atom stereocenters. The Morgan fingerprint density at radius 2 is 1.48 bits per heavy atom. The molecule has 2 fully saturated rings. The van der Waals surface area contributed by atoms with Crippen molar-refractivity contribution in [3.63, 3.8) is 0 Å². The maximum Gasteiger partial charge on any atom is 0.407 e. The van der Waals surface area contributed by atoms with Crippen LogP contribution in [0.4, 0.5) is 9.59 Å². The van der Waals surface area contributed by atoms with Crippen LogP contribution in [0.3, 0.4) is 0 Å². The molecule has 2 aliphatic carbocycles. The first-order valence-corrected chi connectivity index (χ1v) is 24.5. The number of amides is 4. The van der Waals surface area contributed by atoms with E-state index >= 15 is 0 Å². The molecule has 15 nitrogen and oxygen atoms in total. The van der Waals surface area contributed by atoms with E-state index in [1.807, 2.05) is 61.2 Å². The summed E-state index contributed by atoms with van der Waals surface area (Å²) >= 11 is 0. The topological polar surface area (TPSA) is 184 Å². The van der Waals surface area contributed by atoms with Gasteiger partial charge in [-0.15, -0.1) is 0 Å². The van der Waals surface area contributed by atoms with Gasteiger partial charge in [0.25, 0.3) is 5.91 Å². The minimum atomic E-state index is -0.945. The van der Waals surface area contributed by atoms with Crippen LogP contribution in [-0.2, 0) is 30.3 Å². The zero-order chi connectivity index (χ0) is 49.5. The molecule has 1 saturated heterocycles. The Labute approximate surface area is 412 Å². The van der Waals surface area contributed by atoms with E-state index in [9.17, 15) is 19.2 Å².